The van der Waals surface area contributed by atoms with Crippen molar-refractivity contribution in [2.75, 3.05) is 52.8 Å². The summed E-state index contributed by atoms with van der Waals surface area (Å²) in [4.78, 5) is 69.2. The second kappa shape index (κ2) is 30.7. The summed E-state index contributed by atoms with van der Waals surface area (Å²) in [5.74, 6) is -1.43. The molecule has 0 saturated carbocycles. The summed E-state index contributed by atoms with van der Waals surface area (Å²) in [5, 5.41) is 9.04. The van der Waals surface area contributed by atoms with Crippen molar-refractivity contribution < 1.29 is 67.0 Å². The zero-order chi connectivity index (χ0) is 48.5. The summed E-state index contributed by atoms with van der Waals surface area (Å²) in [6, 6.07) is 0. The number of hydrogen-bond donors (Lipinski definition) is 3. The molecule has 0 aromatic heterocycles. The lowest BCUT2D eigenvalue weighted by Gasteiger charge is -2.22. The van der Waals surface area contributed by atoms with Gasteiger partial charge >= 0.3 is 35.8 Å². The number of carbonyl (C=O) groups is 6. The van der Waals surface area contributed by atoms with Crippen molar-refractivity contribution in [3.05, 3.63) is 0 Å². The van der Waals surface area contributed by atoms with Gasteiger partial charge in [-0.1, -0.05) is 41.5 Å². The highest BCUT2D eigenvalue weighted by atomic mass is 16.6. The van der Waals surface area contributed by atoms with E-state index in [1.54, 1.807) is 0 Å². The topological polar surface area (TPSA) is 252 Å². The molecule has 1 rings (SSSR count). The molecule has 0 aromatic rings. The second-order valence-electron chi connectivity index (χ2n) is 19.0. The molecule has 0 aliphatic carbocycles. The van der Waals surface area contributed by atoms with Gasteiger partial charge in [-0.2, -0.15) is 0 Å². The van der Waals surface area contributed by atoms with Crippen LogP contribution in [0, 0.1) is 32.5 Å². The average Bonchev–Trinajstić information content (AvgIpc) is 4.06. The Balaban J connectivity index is -0.000000365. The molecular formula is C46H90N2O14. The summed E-state index contributed by atoms with van der Waals surface area (Å²) in [7, 11) is 0. The molecule has 2 atom stereocenters. The molecule has 1 saturated heterocycles. The quantitative estimate of drug-likeness (QED) is 0.0384. The maximum absolute atomic E-state index is 11.6. The minimum Gasteiger partial charge on any atom is -0.462 e. The Morgan fingerprint density at radius 3 is 0.887 bits per heavy atom. The molecule has 1 heterocycles. The summed E-state index contributed by atoms with van der Waals surface area (Å²) >= 11 is 0. The van der Waals surface area contributed by atoms with Gasteiger partial charge in [-0.25, -0.2) is 0 Å². The van der Waals surface area contributed by atoms with Gasteiger partial charge in [0, 0.05) is 6.54 Å². The zero-order valence-corrected chi connectivity index (χ0v) is 42.1. The molecule has 1 aliphatic heterocycles. The first kappa shape index (κ1) is 65.3. The number of rotatable bonds is 23. The van der Waals surface area contributed by atoms with Crippen LogP contribution in [0.1, 0.15) is 163 Å². The van der Waals surface area contributed by atoms with Crippen LogP contribution in [0.15, 0.2) is 0 Å². The molecule has 62 heavy (non-hydrogen) atoms. The van der Waals surface area contributed by atoms with Gasteiger partial charge in [0.15, 0.2) is 0 Å². The van der Waals surface area contributed by atoms with Gasteiger partial charge in [0.05, 0.1) is 39.1 Å². The normalized spacial score (nSPS) is 14.2. The van der Waals surface area contributed by atoms with Crippen LogP contribution in [-0.2, 0) is 61.9 Å². The van der Waals surface area contributed by atoms with Gasteiger partial charge in [-0.15, -0.1) is 0 Å². The molecular weight excluding hydrogens is 805 g/mol. The molecule has 16 nitrogen and oxygen atoms in total. The summed E-state index contributed by atoms with van der Waals surface area (Å²) < 4.78 is 35.2. The minimum atomic E-state index is -0.753. The van der Waals surface area contributed by atoms with Gasteiger partial charge in [0.2, 0.25) is 0 Å². The van der Waals surface area contributed by atoms with E-state index in [-0.39, 0.29) is 93.1 Å². The SMILES string of the molecule is CCC(C)(C)C(=O)OCC(O)CN.CCC(C)(C)C(=O)OCC1CO1.CCC(C)(C)C(=O)OCCOC(=O)C(C)(C)CC.CCC(C)(C)C(=O)OCCOC(=O)C(C)(C)CC.N. The fraction of sp³-hybridized carbons (Fsp3) is 0.870. The first-order chi connectivity index (χ1) is 27.8. The molecule has 0 spiro atoms. The Labute approximate surface area is 374 Å². The van der Waals surface area contributed by atoms with Crippen molar-refractivity contribution in [2.45, 2.75) is 175 Å². The molecule has 0 amide bonds. The number of nitrogens with two attached hydrogens (primary N) is 1. The third-order valence-electron chi connectivity index (χ3n) is 11.2. The summed E-state index contributed by atoms with van der Waals surface area (Å²) in [6.07, 6.45) is 3.80. The molecule has 2 unspecified atom stereocenters. The van der Waals surface area contributed by atoms with E-state index in [1.165, 1.54) is 0 Å². The highest BCUT2D eigenvalue weighted by Crippen LogP contribution is 2.25. The highest BCUT2D eigenvalue weighted by molar-refractivity contribution is 5.78. The summed E-state index contributed by atoms with van der Waals surface area (Å²) in [5.41, 5.74) is 2.41. The number of hydrogen-bond acceptors (Lipinski definition) is 16. The smallest absolute Gasteiger partial charge is 0.311 e. The molecule has 16 heteroatoms. The lowest BCUT2D eigenvalue weighted by atomic mass is 9.90. The van der Waals surface area contributed by atoms with Gasteiger partial charge < -0.3 is 50.1 Å². The Bertz CT molecular complexity index is 1200. The van der Waals surface area contributed by atoms with Crippen molar-refractivity contribution in [2.24, 2.45) is 38.2 Å². The maximum Gasteiger partial charge on any atom is 0.311 e. The van der Waals surface area contributed by atoms with E-state index >= 15 is 0 Å². The van der Waals surface area contributed by atoms with Crippen molar-refractivity contribution in [1.82, 2.24) is 6.15 Å². The van der Waals surface area contributed by atoms with Crippen molar-refractivity contribution in [3.8, 4) is 0 Å². The van der Waals surface area contributed by atoms with Crippen LogP contribution in [0.3, 0.4) is 0 Å². The van der Waals surface area contributed by atoms with Crippen LogP contribution < -0.4 is 11.9 Å². The van der Waals surface area contributed by atoms with Crippen molar-refractivity contribution in [3.63, 3.8) is 0 Å². The minimum absolute atomic E-state index is 0. The molecule has 6 N–H and O–H groups in total. The Hall–Kier alpha value is -3.34. The van der Waals surface area contributed by atoms with E-state index in [4.69, 9.17) is 44.0 Å². The largest absolute Gasteiger partial charge is 0.462 e. The maximum atomic E-state index is 11.6. The number of epoxide rings is 1. The van der Waals surface area contributed by atoms with Gasteiger partial charge in [0.25, 0.3) is 0 Å². The van der Waals surface area contributed by atoms with Crippen molar-refractivity contribution in [1.29, 1.82) is 0 Å². The molecule has 0 radical (unpaired) electrons. The highest BCUT2D eigenvalue weighted by Gasteiger charge is 2.32. The van der Waals surface area contributed by atoms with E-state index in [0.717, 1.165) is 13.0 Å². The van der Waals surface area contributed by atoms with Crippen molar-refractivity contribution >= 4 is 35.8 Å². The van der Waals surface area contributed by atoms with E-state index in [0.29, 0.717) is 38.7 Å². The van der Waals surface area contributed by atoms with Crippen LogP contribution in [-0.4, -0.2) is 106 Å². The Morgan fingerprint density at radius 2 is 0.694 bits per heavy atom. The number of ether oxygens (including phenoxy) is 7. The van der Waals surface area contributed by atoms with Gasteiger partial charge in [-0.3, -0.25) is 28.8 Å². The lowest BCUT2D eigenvalue weighted by Crippen LogP contribution is -2.32. The predicted octanol–water partition coefficient (Wildman–Crippen LogP) is 7.70. The molecule has 0 aromatic carbocycles. The van der Waals surface area contributed by atoms with Crippen LogP contribution in [0.25, 0.3) is 0 Å². The number of carbonyl (C=O) groups excluding carboxylic acids is 6. The van der Waals surface area contributed by atoms with Gasteiger partial charge in [0.1, 0.15) is 51.8 Å². The monoisotopic (exact) mass is 895 g/mol. The van der Waals surface area contributed by atoms with E-state index < -0.39 is 33.2 Å². The van der Waals surface area contributed by atoms with Crippen LogP contribution in [0.5, 0.6) is 0 Å². The van der Waals surface area contributed by atoms with E-state index in [1.807, 2.05) is 125 Å². The average molecular weight is 895 g/mol. The molecule has 1 fully saturated rings. The summed E-state index contributed by atoms with van der Waals surface area (Å²) in [6.45, 7) is 35.4. The fourth-order valence-electron chi connectivity index (χ4n) is 3.15. The lowest BCUT2D eigenvalue weighted by molar-refractivity contribution is -0.163. The standard InChI is InChI=1S/2C14H26O4.C9H19NO3.C9H16O3.H3N/c2*1-7-13(3,4)11(15)17-9-10-18-12(16)14(5,6)8-2;1-4-9(2,3)8(12)13-6-7(11)5-10;1-4-9(2,3)8(10)12-6-7-5-11-7;/h2*7-10H2,1-6H3;7,11H,4-6,10H2,1-3H3;7H,4-6H2,1-3H3;1H3. The van der Waals surface area contributed by atoms with Crippen LogP contribution >= 0.6 is 0 Å². The molecule has 0 bridgehead atoms. The van der Waals surface area contributed by atoms with Crippen LogP contribution in [0.2, 0.25) is 0 Å². The zero-order valence-electron chi connectivity index (χ0n) is 42.1. The second-order valence-corrected chi connectivity index (χ2v) is 19.0. The Kier molecular flexibility index (Phi) is 32.3. The first-order valence-corrected chi connectivity index (χ1v) is 21.9. The number of aliphatic hydroxyl groups excluding tert-OH is 1. The van der Waals surface area contributed by atoms with E-state index in [9.17, 15) is 28.8 Å². The first-order valence-electron chi connectivity index (χ1n) is 21.9. The van der Waals surface area contributed by atoms with E-state index in [2.05, 4.69) is 0 Å². The molecule has 1 aliphatic rings. The number of aliphatic hydroxyl groups is 1. The third kappa shape index (κ3) is 27.7. The van der Waals surface area contributed by atoms with Crippen LogP contribution in [0.4, 0.5) is 0 Å². The Morgan fingerprint density at radius 1 is 0.484 bits per heavy atom. The van der Waals surface area contributed by atoms with Gasteiger partial charge in [-0.05, 0) is 122 Å². The molecule has 368 valence electrons. The third-order valence-corrected chi connectivity index (χ3v) is 11.2. The predicted molar refractivity (Wildman–Crippen MR) is 240 cm³/mol. The fourth-order valence-corrected chi connectivity index (χ4v) is 3.15. The number of esters is 6.